The van der Waals surface area contributed by atoms with Crippen molar-refractivity contribution in [2.45, 2.75) is 44.1 Å². The molecule has 2 saturated heterocycles. The Morgan fingerprint density at radius 3 is 2.32 bits per heavy atom. The zero-order valence-corrected chi connectivity index (χ0v) is 17.1. The van der Waals surface area contributed by atoms with Gasteiger partial charge in [0.2, 0.25) is 0 Å². The van der Waals surface area contributed by atoms with Crippen molar-refractivity contribution in [3.63, 3.8) is 0 Å². The fraction of sp³-hybridized carbons (Fsp3) is 0.542. The monoisotopic (exact) mass is 377 g/mol. The van der Waals surface area contributed by atoms with E-state index >= 15 is 0 Å². The van der Waals surface area contributed by atoms with Crippen LogP contribution in [0.5, 0.6) is 0 Å². The number of nitrogens with zero attached hydrogens (tertiary/aromatic N) is 3. The van der Waals surface area contributed by atoms with E-state index in [2.05, 4.69) is 59.1 Å². The van der Waals surface area contributed by atoms with Gasteiger partial charge < -0.3 is 14.9 Å². The molecule has 2 aliphatic heterocycles. The minimum atomic E-state index is -1.04. The van der Waals surface area contributed by atoms with E-state index in [9.17, 15) is 5.11 Å². The zero-order valence-electron chi connectivity index (χ0n) is 17.1. The van der Waals surface area contributed by atoms with Crippen LogP contribution in [0.3, 0.4) is 0 Å². The molecule has 3 heterocycles. The number of pyridine rings is 1. The van der Waals surface area contributed by atoms with E-state index in [4.69, 9.17) is 0 Å². The van der Waals surface area contributed by atoms with E-state index in [0.29, 0.717) is 0 Å². The SMILES string of the molecule is CN1CC(C)([C@](O)(c2ccc(C3CC3)cc2)c2cncc(N3CCCC3)c2)C1. The molecule has 2 aromatic rings. The Morgan fingerprint density at radius 1 is 1.04 bits per heavy atom. The molecule has 4 heteroatoms. The predicted octanol–water partition coefficient (Wildman–Crippen LogP) is 3.75. The minimum Gasteiger partial charge on any atom is -0.380 e. The lowest BCUT2D eigenvalue weighted by Crippen LogP contribution is -2.63. The van der Waals surface area contributed by atoms with Crippen molar-refractivity contribution in [2.24, 2.45) is 5.41 Å². The molecule has 0 unspecified atom stereocenters. The Balaban J connectivity index is 1.57. The number of benzene rings is 1. The van der Waals surface area contributed by atoms with Crippen LogP contribution in [0.4, 0.5) is 5.69 Å². The van der Waals surface area contributed by atoms with Gasteiger partial charge >= 0.3 is 0 Å². The molecule has 1 aromatic heterocycles. The first-order valence-electron chi connectivity index (χ1n) is 10.7. The summed E-state index contributed by atoms with van der Waals surface area (Å²) in [7, 11) is 2.12. The number of anilines is 1. The molecule has 4 nitrogen and oxygen atoms in total. The van der Waals surface area contributed by atoms with E-state index in [1.54, 1.807) is 0 Å². The van der Waals surface area contributed by atoms with E-state index < -0.39 is 5.60 Å². The van der Waals surface area contributed by atoms with Crippen molar-refractivity contribution < 1.29 is 5.11 Å². The highest BCUT2D eigenvalue weighted by Gasteiger charge is 2.55. The molecule has 0 bridgehead atoms. The van der Waals surface area contributed by atoms with Crippen LogP contribution < -0.4 is 4.90 Å². The first-order valence-corrected chi connectivity index (χ1v) is 10.7. The summed E-state index contributed by atoms with van der Waals surface area (Å²) in [6.45, 7) is 6.13. The average Bonchev–Trinajstić information content (AvgIpc) is 3.40. The van der Waals surface area contributed by atoms with Crippen molar-refractivity contribution in [2.75, 3.05) is 38.1 Å². The lowest BCUT2D eigenvalue weighted by atomic mass is 9.62. The largest absolute Gasteiger partial charge is 0.380 e. The van der Waals surface area contributed by atoms with Crippen LogP contribution in [0.15, 0.2) is 42.7 Å². The van der Waals surface area contributed by atoms with Crippen LogP contribution in [0.1, 0.15) is 55.2 Å². The normalized spacial score (nSPS) is 24.0. The van der Waals surface area contributed by atoms with Crippen LogP contribution >= 0.6 is 0 Å². The van der Waals surface area contributed by atoms with Gasteiger partial charge in [-0.3, -0.25) is 4.98 Å². The van der Waals surface area contributed by atoms with Crippen LogP contribution in [0.25, 0.3) is 0 Å². The van der Waals surface area contributed by atoms with Gasteiger partial charge in [0.1, 0.15) is 5.60 Å². The molecule has 1 aromatic carbocycles. The summed E-state index contributed by atoms with van der Waals surface area (Å²) in [5, 5.41) is 12.3. The first-order chi connectivity index (χ1) is 13.5. The fourth-order valence-corrected chi connectivity index (χ4v) is 5.42. The lowest BCUT2D eigenvalue weighted by Gasteiger charge is -2.56. The second kappa shape index (κ2) is 6.57. The molecule has 1 N–H and O–H groups in total. The molecular formula is C24H31N3O. The first kappa shape index (κ1) is 18.1. The van der Waals surface area contributed by atoms with Gasteiger partial charge in [0.25, 0.3) is 0 Å². The van der Waals surface area contributed by atoms with Crippen molar-refractivity contribution >= 4 is 5.69 Å². The van der Waals surface area contributed by atoms with E-state index in [0.717, 1.165) is 48.9 Å². The third kappa shape index (κ3) is 2.85. The average molecular weight is 378 g/mol. The summed E-state index contributed by atoms with van der Waals surface area (Å²) in [6.07, 6.45) is 8.89. The minimum absolute atomic E-state index is 0.228. The Morgan fingerprint density at radius 2 is 1.71 bits per heavy atom. The molecule has 3 fully saturated rings. The lowest BCUT2D eigenvalue weighted by molar-refractivity contribution is -0.127. The molecule has 1 saturated carbocycles. The number of rotatable bonds is 5. The van der Waals surface area contributed by atoms with Gasteiger partial charge in [-0.05, 0) is 55.8 Å². The number of aliphatic hydroxyl groups is 1. The third-order valence-electron chi connectivity index (χ3n) is 7.10. The highest BCUT2D eigenvalue weighted by atomic mass is 16.3. The zero-order chi connectivity index (χ0) is 19.4. The van der Waals surface area contributed by atoms with E-state index in [1.165, 1.54) is 31.2 Å². The van der Waals surface area contributed by atoms with Gasteiger partial charge in [0.05, 0.1) is 11.9 Å². The van der Waals surface area contributed by atoms with E-state index in [-0.39, 0.29) is 5.41 Å². The Labute approximate surface area is 168 Å². The predicted molar refractivity (Wildman–Crippen MR) is 113 cm³/mol. The Kier molecular flexibility index (Phi) is 4.25. The van der Waals surface area contributed by atoms with Crippen LogP contribution in [-0.4, -0.2) is 48.2 Å². The summed E-state index contributed by atoms with van der Waals surface area (Å²) in [6, 6.07) is 10.9. The molecule has 0 amide bonds. The molecule has 5 rings (SSSR count). The third-order valence-corrected chi connectivity index (χ3v) is 7.10. The highest BCUT2D eigenvalue weighted by Crippen LogP contribution is 2.51. The molecule has 0 spiro atoms. The summed E-state index contributed by atoms with van der Waals surface area (Å²) < 4.78 is 0. The summed E-state index contributed by atoms with van der Waals surface area (Å²) in [4.78, 5) is 9.22. The standard InChI is InChI=1S/C24H31N3O/c1-23(16-26(2)17-23)24(28,20-9-7-19(8-10-20)18-5-6-18)21-13-22(15-25-14-21)27-11-3-4-12-27/h7-10,13-15,18,28H,3-6,11-12,16-17H2,1-2H3/t24-/m0/s1. The molecular weight excluding hydrogens is 346 g/mol. The van der Waals surface area contributed by atoms with Gasteiger partial charge in [-0.2, -0.15) is 0 Å². The molecule has 0 radical (unpaired) electrons. The van der Waals surface area contributed by atoms with Gasteiger partial charge in [0.15, 0.2) is 0 Å². The molecule has 1 aliphatic carbocycles. The quantitative estimate of drug-likeness (QED) is 0.861. The van der Waals surface area contributed by atoms with Gasteiger partial charge in [-0.25, -0.2) is 0 Å². The molecule has 3 aliphatic rings. The molecule has 28 heavy (non-hydrogen) atoms. The Hall–Kier alpha value is -1.91. The number of hydrogen-bond donors (Lipinski definition) is 1. The topological polar surface area (TPSA) is 39.6 Å². The number of hydrogen-bond acceptors (Lipinski definition) is 4. The molecule has 148 valence electrons. The smallest absolute Gasteiger partial charge is 0.124 e. The summed E-state index contributed by atoms with van der Waals surface area (Å²) in [5.41, 5.74) is 3.20. The van der Waals surface area contributed by atoms with Gasteiger partial charge in [-0.15, -0.1) is 0 Å². The van der Waals surface area contributed by atoms with Crippen molar-refractivity contribution in [3.05, 3.63) is 59.4 Å². The molecule has 1 atom stereocenters. The van der Waals surface area contributed by atoms with Crippen molar-refractivity contribution in [3.8, 4) is 0 Å². The van der Waals surface area contributed by atoms with Crippen molar-refractivity contribution in [1.29, 1.82) is 0 Å². The second-order valence-corrected chi connectivity index (χ2v) is 9.47. The van der Waals surface area contributed by atoms with Crippen LogP contribution in [0, 0.1) is 5.41 Å². The summed E-state index contributed by atoms with van der Waals surface area (Å²) in [5.74, 6) is 0.729. The van der Waals surface area contributed by atoms with E-state index in [1.807, 2.05) is 12.4 Å². The van der Waals surface area contributed by atoms with Gasteiger partial charge in [0, 0.05) is 43.4 Å². The fourth-order valence-electron chi connectivity index (χ4n) is 5.42. The van der Waals surface area contributed by atoms with Crippen LogP contribution in [0.2, 0.25) is 0 Å². The van der Waals surface area contributed by atoms with Crippen molar-refractivity contribution in [1.82, 2.24) is 9.88 Å². The maximum atomic E-state index is 12.3. The van der Waals surface area contributed by atoms with Gasteiger partial charge in [-0.1, -0.05) is 31.2 Å². The Bertz CT molecular complexity index is 848. The summed E-state index contributed by atoms with van der Waals surface area (Å²) >= 11 is 0. The second-order valence-electron chi connectivity index (χ2n) is 9.47. The number of aromatic nitrogens is 1. The maximum Gasteiger partial charge on any atom is 0.124 e. The highest BCUT2D eigenvalue weighted by molar-refractivity contribution is 5.51. The number of likely N-dealkylation sites (tertiary alicyclic amines) is 1. The van der Waals surface area contributed by atoms with Crippen LogP contribution in [-0.2, 0) is 5.60 Å². The maximum absolute atomic E-state index is 12.3.